The van der Waals surface area contributed by atoms with Gasteiger partial charge < -0.3 is 19.8 Å². The monoisotopic (exact) mass is 756 g/mol. The Labute approximate surface area is 227 Å². The molecule has 0 fully saturated rings. The van der Waals surface area contributed by atoms with Gasteiger partial charge in [-0.05, 0) is 57.2 Å². The normalized spacial score (nSPS) is 13.5. The topological polar surface area (TPSA) is 80.3 Å². The Kier molecular flexibility index (Phi) is 28.4. The van der Waals surface area contributed by atoms with Gasteiger partial charge in [0.1, 0.15) is 0 Å². The predicted molar refractivity (Wildman–Crippen MR) is 135 cm³/mol. The molecule has 0 saturated heterocycles. The van der Waals surface area contributed by atoms with E-state index in [1.54, 1.807) is 0 Å². The minimum Gasteiger partial charge on any atom is -0.549 e. The Morgan fingerprint density at radius 1 is 0.656 bits per heavy atom. The molecule has 0 aromatic carbocycles. The predicted octanol–water partition coefficient (Wildman–Crippen LogP) is 3.47. The zero-order valence-electron chi connectivity index (χ0n) is 18.2. The van der Waals surface area contributed by atoms with Gasteiger partial charge in [-0.1, -0.05) is 66.8 Å². The van der Waals surface area contributed by atoms with Crippen LogP contribution >= 0.6 is 31.9 Å². The molecule has 3 aliphatic rings. The molecule has 0 atom stereocenters. The van der Waals surface area contributed by atoms with Crippen LogP contribution in [0, 0.1) is 19.3 Å². The van der Waals surface area contributed by atoms with Crippen molar-refractivity contribution < 1.29 is 19.8 Å². The van der Waals surface area contributed by atoms with E-state index in [4.69, 9.17) is 0 Å². The number of allylic oxidation sites excluding steroid dienone is 9. The third-order valence-electron chi connectivity index (χ3n) is 2.87. The van der Waals surface area contributed by atoms with Gasteiger partial charge in [-0.2, -0.15) is 0 Å². The van der Waals surface area contributed by atoms with Crippen LogP contribution in [0.4, 0.5) is 0 Å². The molecular formula is C25H25BiBr2O4. The van der Waals surface area contributed by atoms with E-state index in [0.29, 0.717) is 0 Å². The van der Waals surface area contributed by atoms with Crippen LogP contribution in [0.15, 0.2) is 88.6 Å². The Balaban J connectivity index is -0.000000330. The van der Waals surface area contributed by atoms with Crippen molar-refractivity contribution in [2.24, 2.45) is 0 Å². The molecule has 6 radical (unpaired) electrons. The van der Waals surface area contributed by atoms with E-state index in [9.17, 15) is 19.8 Å². The zero-order chi connectivity index (χ0) is 23.9. The van der Waals surface area contributed by atoms with Gasteiger partial charge in [0, 0.05) is 29.9 Å². The van der Waals surface area contributed by atoms with Crippen molar-refractivity contribution in [3.8, 4) is 0 Å². The van der Waals surface area contributed by atoms with Crippen molar-refractivity contribution in [2.45, 2.75) is 20.8 Å². The van der Waals surface area contributed by atoms with E-state index in [-0.39, 0.29) is 36.9 Å². The van der Waals surface area contributed by atoms with Gasteiger partial charge in [0.2, 0.25) is 0 Å². The summed E-state index contributed by atoms with van der Waals surface area (Å²) < 4.78 is 0. The van der Waals surface area contributed by atoms with Gasteiger partial charge in [-0.25, -0.2) is 0 Å². The first-order valence-corrected chi connectivity index (χ1v) is 11.3. The van der Waals surface area contributed by atoms with Crippen LogP contribution in [0.1, 0.15) is 20.8 Å². The Bertz CT molecular complexity index is 741. The number of carbonyl (C=O) groups is 2. The number of hydrogen-bond acceptors (Lipinski definition) is 4. The SMILES string of the molecule is CC1=CC=C=C[CH]1.CC1=CC=C=C[CH]1.CC1=CC=C=C[CH]1.O=C([O-])CBr.O=C([O-])CBr.[Bi+2]. The Hall–Kier alpha value is -1.44. The largest absolute Gasteiger partial charge is 2.00 e. The molecular weight excluding hydrogens is 733 g/mol. The molecule has 0 amide bonds. The van der Waals surface area contributed by atoms with Gasteiger partial charge in [0.05, 0.1) is 11.9 Å². The molecule has 4 nitrogen and oxygen atoms in total. The number of carboxylic acid groups (broad SMARTS) is 2. The van der Waals surface area contributed by atoms with Crippen LogP contribution < -0.4 is 10.2 Å². The van der Waals surface area contributed by atoms with Crippen molar-refractivity contribution in [3.05, 3.63) is 108 Å². The number of halogens is 2. The molecule has 168 valence electrons. The summed E-state index contributed by atoms with van der Waals surface area (Å²) in [4.78, 5) is 18.4. The fourth-order valence-electron chi connectivity index (χ4n) is 1.41. The first kappa shape index (κ1) is 35.2. The number of hydrogen-bond donors (Lipinski definition) is 0. The maximum Gasteiger partial charge on any atom is 2.00 e. The van der Waals surface area contributed by atoms with Crippen LogP contribution in [0.25, 0.3) is 0 Å². The van der Waals surface area contributed by atoms with E-state index < -0.39 is 11.9 Å². The van der Waals surface area contributed by atoms with E-state index in [2.05, 4.69) is 69.8 Å². The summed E-state index contributed by atoms with van der Waals surface area (Å²) in [5, 5.41) is 18.3. The summed E-state index contributed by atoms with van der Waals surface area (Å²) in [6.45, 7) is 6.19. The molecule has 0 bridgehead atoms. The molecule has 0 heterocycles. The van der Waals surface area contributed by atoms with Crippen LogP contribution in [-0.2, 0) is 9.59 Å². The third-order valence-corrected chi connectivity index (χ3v) is 3.79. The molecule has 3 aliphatic carbocycles. The van der Waals surface area contributed by atoms with Gasteiger partial charge >= 0.3 is 26.2 Å². The van der Waals surface area contributed by atoms with Crippen LogP contribution in [-0.4, -0.2) is 48.8 Å². The third kappa shape index (κ3) is 30.8. The maximum absolute atomic E-state index is 9.21. The molecule has 0 spiro atoms. The summed E-state index contributed by atoms with van der Waals surface area (Å²) >= 11 is 5.30. The summed E-state index contributed by atoms with van der Waals surface area (Å²) in [5.41, 5.74) is 12.7. The molecule has 7 heteroatoms. The number of aliphatic carboxylic acids is 2. The van der Waals surface area contributed by atoms with E-state index in [0.717, 1.165) is 0 Å². The summed E-state index contributed by atoms with van der Waals surface area (Å²) in [6, 6.07) is 0. The van der Waals surface area contributed by atoms with Gasteiger partial charge in [-0.15, -0.1) is 17.2 Å². The molecule has 0 aromatic rings. The fourth-order valence-corrected chi connectivity index (χ4v) is 1.41. The Morgan fingerprint density at radius 2 is 0.875 bits per heavy atom. The number of carbonyl (C=O) groups excluding carboxylic acids is 2. The zero-order valence-corrected chi connectivity index (χ0v) is 24.8. The standard InChI is InChI=1S/3C7H7.2C2H3BrO2.Bi/c3*1-7-5-3-2-4-6-7;2*3-1-2(4)5;/h3*3-6H,1H3;2*1H2,(H,4,5);/q;;;;;+2/p-2. The van der Waals surface area contributed by atoms with Crippen molar-refractivity contribution in [2.75, 3.05) is 10.7 Å². The van der Waals surface area contributed by atoms with Crippen molar-refractivity contribution in [1.82, 2.24) is 0 Å². The minimum absolute atomic E-state index is 0. The maximum atomic E-state index is 9.21. The minimum atomic E-state index is -1.08. The number of alkyl halides is 2. The molecule has 0 unspecified atom stereocenters. The summed E-state index contributed by atoms with van der Waals surface area (Å²) in [6.07, 6.45) is 23.6. The van der Waals surface area contributed by atoms with Crippen molar-refractivity contribution >= 4 is 70.0 Å². The number of rotatable bonds is 2. The van der Waals surface area contributed by atoms with E-state index in [1.165, 1.54) is 16.7 Å². The average molecular weight is 758 g/mol. The van der Waals surface area contributed by atoms with Crippen LogP contribution in [0.2, 0.25) is 0 Å². The molecule has 32 heavy (non-hydrogen) atoms. The Morgan fingerprint density at radius 3 is 0.938 bits per heavy atom. The molecule has 0 N–H and O–H groups in total. The fraction of sp³-hybridized carbons (Fsp3) is 0.200. The van der Waals surface area contributed by atoms with Crippen molar-refractivity contribution in [1.29, 1.82) is 0 Å². The van der Waals surface area contributed by atoms with Gasteiger partial charge in [0.15, 0.2) is 0 Å². The van der Waals surface area contributed by atoms with Crippen LogP contribution in [0.3, 0.4) is 0 Å². The quantitative estimate of drug-likeness (QED) is 0.246. The first-order valence-electron chi connectivity index (χ1n) is 9.02. The van der Waals surface area contributed by atoms with Gasteiger partial charge in [0.25, 0.3) is 0 Å². The van der Waals surface area contributed by atoms with Crippen molar-refractivity contribution in [3.63, 3.8) is 0 Å². The number of carboxylic acids is 2. The second-order valence-electron chi connectivity index (χ2n) is 5.74. The molecule has 0 aliphatic heterocycles. The molecule has 0 aromatic heterocycles. The summed E-state index contributed by atoms with van der Waals surface area (Å²) in [5.74, 6) is -2.16. The van der Waals surface area contributed by atoms with Gasteiger partial charge in [-0.3, -0.25) is 0 Å². The average Bonchev–Trinajstić information content (AvgIpc) is 2.77. The van der Waals surface area contributed by atoms with E-state index in [1.807, 2.05) is 73.9 Å². The first-order chi connectivity index (χ1) is 14.7. The molecule has 3 rings (SSSR count). The smallest absolute Gasteiger partial charge is 0.549 e. The second-order valence-corrected chi connectivity index (χ2v) is 6.86. The van der Waals surface area contributed by atoms with E-state index >= 15 is 0 Å². The van der Waals surface area contributed by atoms with Crippen LogP contribution in [0.5, 0.6) is 0 Å². The second kappa shape index (κ2) is 25.8. The summed E-state index contributed by atoms with van der Waals surface area (Å²) in [7, 11) is 0. The molecule has 0 saturated carbocycles.